The molecule has 2 rings (SSSR count). The summed E-state index contributed by atoms with van der Waals surface area (Å²) in [6.07, 6.45) is -0.592. The number of sulfonamides is 1. The zero-order chi connectivity index (χ0) is 15.8. The highest BCUT2D eigenvalue weighted by molar-refractivity contribution is 7.89. The molecule has 1 aromatic rings. The molecule has 0 radical (unpaired) electrons. The molecule has 3 unspecified atom stereocenters. The first-order valence-electron chi connectivity index (χ1n) is 7.23. The lowest BCUT2D eigenvalue weighted by Crippen LogP contribution is -2.56. The standard InChI is InChI=1S/C15H24N2O3S/c1-11-9-17(10-12(2)16(11)4)21(19,20)15-7-5-14(6-8-15)13(3)18/h5-8,11-13,18H,9-10H2,1-4H3. The normalized spacial score (nSPS) is 26.7. The number of hydrogen-bond donors (Lipinski definition) is 1. The second-order valence-corrected chi connectivity index (χ2v) is 7.87. The Morgan fingerprint density at radius 1 is 1.14 bits per heavy atom. The van der Waals surface area contributed by atoms with Gasteiger partial charge in [-0.1, -0.05) is 12.1 Å². The number of aliphatic hydroxyl groups is 1. The molecule has 3 atom stereocenters. The summed E-state index contributed by atoms with van der Waals surface area (Å²) in [6, 6.07) is 6.87. The Morgan fingerprint density at radius 3 is 2.05 bits per heavy atom. The minimum absolute atomic E-state index is 0.195. The van der Waals surface area contributed by atoms with Gasteiger partial charge < -0.3 is 5.11 Å². The molecule has 0 saturated carbocycles. The van der Waals surface area contributed by atoms with Crippen molar-refractivity contribution in [3.05, 3.63) is 29.8 Å². The number of piperazine rings is 1. The molecule has 21 heavy (non-hydrogen) atoms. The first-order chi connectivity index (χ1) is 9.73. The summed E-state index contributed by atoms with van der Waals surface area (Å²) in [7, 11) is -1.44. The van der Waals surface area contributed by atoms with Crippen molar-refractivity contribution < 1.29 is 13.5 Å². The molecule has 1 N–H and O–H groups in total. The van der Waals surface area contributed by atoms with Gasteiger partial charge in [-0.15, -0.1) is 0 Å². The molecule has 118 valence electrons. The van der Waals surface area contributed by atoms with Crippen LogP contribution < -0.4 is 0 Å². The van der Waals surface area contributed by atoms with Crippen LogP contribution in [-0.2, 0) is 10.0 Å². The van der Waals surface area contributed by atoms with Crippen molar-refractivity contribution in [3.63, 3.8) is 0 Å². The molecular formula is C15H24N2O3S. The largest absolute Gasteiger partial charge is 0.389 e. The molecule has 0 bridgehead atoms. The summed E-state index contributed by atoms with van der Waals surface area (Å²) in [6.45, 7) is 6.74. The number of aliphatic hydroxyl groups excluding tert-OH is 1. The average Bonchev–Trinajstić information content (AvgIpc) is 2.44. The van der Waals surface area contributed by atoms with E-state index in [0.717, 1.165) is 0 Å². The van der Waals surface area contributed by atoms with E-state index < -0.39 is 16.1 Å². The summed E-state index contributed by atoms with van der Waals surface area (Å²) in [5, 5.41) is 9.50. The second kappa shape index (κ2) is 6.04. The molecule has 1 heterocycles. The minimum Gasteiger partial charge on any atom is -0.389 e. The SMILES string of the molecule is CC(O)c1ccc(S(=O)(=O)N2CC(C)N(C)C(C)C2)cc1. The lowest BCUT2D eigenvalue weighted by Gasteiger charge is -2.41. The van der Waals surface area contributed by atoms with Crippen molar-refractivity contribution in [2.75, 3.05) is 20.1 Å². The summed E-state index contributed by atoms with van der Waals surface area (Å²) in [4.78, 5) is 2.48. The van der Waals surface area contributed by atoms with Gasteiger partial charge in [0.1, 0.15) is 0 Å². The topological polar surface area (TPSA) is 60.9 Å². The van der Waals surface area contributed by atoms with Crippen molar-refractivity contribution >= 4 is 10.0 Å². The van der Waals surface area contributed by atoms with Crippen molar-refractivity contribution in [2.45, 2.75) is 43.9 Å². The molecule has 5 nitrogen and oxygen atoms in total. The predicted molar refractivity (Wildman–Crippen MR) is 82.5 cm³/mol. The van der Waals surface area contributed by atoms with Crippen LogP contribution in [0.2, 0.25) is 0 Å². The highest BCUT2D eigenvalue weighted by Crippen LogP contribution is 2.23. The van der Waals surface area contributed by atoms with Gasteiger partial charge in [0.25, 0.3) is 0 Å². The van der Waals surface area contributed by atoms with Gasteiger partial charge in [-0.2, -0.15) is 4.31 Å². The van der Waals surface area contributed by atoms with Crippen LogP contribution in [0.15, 0.2) is 29.2 Å². The van der Waals surface area contributed by atoms with Gasteiger partial charge in [0.2, 0.25) is 10.0 Å². The molecule has 1 aliphatic rings. The highest BCUT2D eigenvalue weighted by atomic mass is 32.2. The summed E-state index contributed by atoms with van der Waals surface area (Å²) >= 11 is 0. The number of likely N-dealkylation sites (N-methyl/N-ethyl adjacent to an activating group) is 1. The minimum atomic E-state index is -3.47. The van der Waals surface area contributed by atoms with Crippen molar-refractivity contribution in [1.82, 2.24) is 9.21 Å². The van der Waals surface area contributed by atoms with Gasteiger partial charge in [0.15, 0.2) is 0 Å². The maximum absolute atomic E-state index is 12.7. The molecule has 0 aromatic heterocycles. The summed E-state index contributed by atoms with van der Waals surface area (Å²) in [5.74, 6) is 0. The van der Waals surface area contributed by atoms with Crippen LogP contribution in [-0.4, -0.2) is 55.0 Å². The fraction of sp³-hybridized carbons (Fsp3) is 0.600. The van der Waals surface area contributed by atoms with Crippen molar-refractivity contribution in [3.8, 4) is 0 Å². The van der Waals surface area contributed by atoms with Crippen molar-refractivity contribution in [2.24, 2.45) is 0 Å². The van der Waals surface area contributed by atoms with E-state index in [-0.39, 0.29) is 17.0 Å². The van der Waals surface area contributed by atoms with Crippen LogP contribution in [0.4, 0.5) is 0 Å². The van der Waals surface area contributed by atoms with Crippen LogP contribution in [0.1, 0.15) is 32.4 Å². The molecule has 0 amide bonds. The third-order valence-corrected chi connectivity index (χ3v) is 6.17. The summed E-state index contributed by atoms with van der Waals surface area (Å²) < 4.78 is 27.0. The fourth-order valence-corrected chi connectivity index (χ4v) is 4.22. The van der Waals surface area contributed by atoms with Crippen LogP contribution in [0.3, 0.4) is 0 Å². The fourth-order valence-electron chi connectivity index (χ4n) is 2.62. The van der Waals surface area contributed by atoms with Gasteiger partial charge in [-0.3, -0.25) is 4.90 Å². The molecule has 1 saturated heterocycles. The Kier molecular flexibility index (Phi) is 4.72. The van der Waals surface area contributed by atoms with Crippen LogP contribution in [0.5, 0.6) is 0 Å². The Morgan fingerprint density at radius 2 is 1.62 bits per heavy atom. The number of benzene rings is 1. The Hall–Kier alpha value is -0.950. The lowest BCUT2D eigenvalue weighted by molar-refractivity contribution is 0.105. The lowest BCUT2D eigenvalue weighted by atomic mass is 10.1. The van der Waals surface area contributed by atoms with E-state index in [1.807, 2.05) is 20.9 Å². The number of hydrogen-bond acceptors (Lipinski definition) is 4. The van der Waals surface area contributed by atoms with Crippen LogP contribution in [0.25, 0.3) is 0 Å². The second-order valence-electron chi connectivity index (χ2n) is 5.93. The van der Waals surface area contributed by atoms with E-state index in [0.29, 0.717) is 18.7 Å². The first kappa shape index (κ1) is 16.4. The van der Waals surface area contributed by atoms with E-state index in [4.69, 9.17) is 0 Å². The maximum atomic E-state index is 12.7. The number of nitrogens with zero attached hydrogens (tertiary/aromatic N) is 2. The van der Waals surface area contributed by atoms with Gasteiger partial charge in [0, 0.05) is 25.2 Å². The number of rotatable bonds is 3. The highest BCUT2D eigenvalue weighted by Gasteiger charge is 2.34. The Balaban J connectivity index is 2.25. The third kappa shape index (κ3) is 3.29. The Bertz CT molecular complexity index is 571. The molecule has 0 spiro atoms. The van der Waals surface area contributed by atoms with Gasteiger partial charge in [-0.25, -0.2) is 8.42 Å². The van der Waals surface area contributed by atoms with Gasteiger partial charge in [-0.05, 0) is 45.5 Å². The zero-order valence-electron chi connectivity index (χ0n) is 13.0. The van der Waals surface area contributed by atoms with E-state index in [1.54, 1.807) is 35.5 Å². The van der Waals surface area contributed by atoms with Crippen molar-refractivity contribution in [1.29, 1.82) is 0 Å². The monoisotopic (exact) mass is 312 g/mol. The molecule has 1 aromatic carbocycles. The Labute approximate surface area is 127 Å². The van der Waals surface area contributed by atoms with E-state index in [1.165, 1.54) is 0 Å². The molecule has 0 aliphatic carbocycles. The first-order valence-corrected chi connectivity index (χ1v) is 8.67. The molecule has 6 heteroatoms. The van der Waals surface area contributed by atoms with Crippen LogP contribution in [0, 0.1) is 0 Å². The predicted octanol–water partition coefficient (Wildman–Crippen LogP) is 1.45. The molecule has 1 aliphatic heterocycles. The zero-order valence-corrected chi connectivity index (χ0v) is 13.8. The molecule has 1 fully saturated rings. The molecular weight excluding hydrogens is 288 g/mol. The average molecular weight is 312 g/mol. The smallest absolute Gasteiger partial charge is 0.243 e. The van der Waals surface area contributed by atoms with E-state index >= 15 is 0 Å². The van der Waals surface area contributed by atoms with Gasteiger partial charge in [0.05, 0.1) is 11.0 Å². The quantitative estimate of drug-likeness (QED) is 0.918. The van der Waals surface area contributed by atoms with Gasteiger partial charge >= 0.3 is 0 Å². The maximum Gasteiger partial charge on any atom is 0.243 e. The van der Waals surface area contributed by atoms with E-state index in [2.05, 4.69) is 4.90 Å². The summed E-state index contributed by atoms with van der Waals surface area (Å²) in [5.41, 5.74) is 0.717. The third-order valence-electron chi connectivity index (χ3n) is 4.33. The van der Waals surface area contributed by atoms with E-state index in [9.17, 15) is 13.5 Å². The van der Waals surface area contributed by atoms with Crippen LogP contribution >= 0.6 is 0 Å².